The van der Waals surface area contributed by atoms with Gasteiger partial charge < -0.3 is 14.4 Å². The molecule has 1 aromatic carbocycles. The Hall–Kier alpha value is -2.03. The first-order chi connectivity index (χ1) is 12.1. The zero-order valence-corrected chi connectivity index (χ0v) is 15.1. The van der Waals surface area contributed by atoms with Crippen molar-refractivity contribution < 1.29 is 9.52 Å². The first-order valence-corrected chi connectivity index (χ1v) is 9.27. The molecule has 4 rings (SSSR count). The van der Waals surface area contributed by atoms with Crippen molar-refractivity contribution in [2.75, 3.05) is 24.5 Å². The van der Waals surface area contributed by atoms with Crippen LogP contribution in [0.4, 0.5) is 5.13 Å². The second-order valence-electron chi connectivity index (χ2n) is 6.28. The Morgan fingerprint density at radius 2 is 2.16 bits per heavy atom. The number of aromatic nitrogens is 3. The molecular weight excluding hydrogens is 338 g/mol. The van der Waals surface area contributed by atoms with Crippen LogP contribution < -0.4 is 4.90 Å². The Morgan fingerprint density at radius 1 is 1.32 bits per heavy atom. The lowest BCUT2D eigenvalue weighted by atomic mass is 10.2. The molecule has 1 aliphatic rings. The largest absolute Gasteiger partial charge is 0.424 e. The Labute approximate surface area is 149 Å². The Bertz CT molecular complexity index is 830. The third-order valence-corrected chi connectivity index (χ3v) is 5.69. The number of hydrogen-bond acceptors (Lipinski definition) is 8. The summed E-state index contributed by atoms with van der Waals surface area (Å²) < 4.78 is 6.66. The quantitative estimate of drug-likeness (QED) is 0.747. The van der Waals surface area contributed by atoms with Gasteiger partial charge in [-0.05, 0) is 18.7 Å². The topological polar surface area (TPSA) is 78.5 Å². The maximum atomic E-state index is 10.6. The van der Waals surface area contributed by atoms with Crippen LogP contribution in [0.3, 0.4) is 0 Å². The number of thiazole rings is 1. The fourth-order valence-corrected chi connectivity index (χ4v) is 4.30. The standard InChI is InChI=1S/C17H21N5O2S/c1-3-21(10-16-20-19-11(2)24-16)13-8-22(9-14(13)23)17-18-12-6-4-5-7-15(12)25-17/h4-7,13-14,23H,3,8-10H2,1-2H3/t13?,14-/m1/s1. The summed E-state index contributed by atoms with van der Waals surface area (Å²) in [6, 6.07) is 8.14. The summed E-state index contributed by atoms with van der Waals surface area (Å²) in [7, 11) is 0. The number of para-hydroxylation sites is 1. The number of rotatable bonds is 5. The van der Waals surface area contributed by atoms with E-state index < -0.39 is 6.10 Å². The molecule has 132 valence electrons. The number of aryl methyl sites for hydroxylation is 1. The van der Waals surface area contributed by atoms with E-state index in [1.165, 1.54) is 4.70 Å². The zero-order valence-electron chi connectivity index (χ0n) is 14.3. The van der Waals surface area contributed by atoms with E-state index in [-0.39, 0.29) is 6.04 Å². The number of anilines is 1. The lowest BCUT2D eigenvalue weighted by molar-refractivity contribution is 0.0761. The van der Waals surface area contributed by atoms with Crippen LogP contribution in [0.5, 0.6) is 0 Å². The van der Waals surface area contributed by atoms with Gasteiger partial charge >= 0.3 is 0 Å². The van der Waals surface area contributed by atoms with Gasteiger partial charge in [0, 0.05) is 20.0 Å². The van der Waals surface area contributed by atoms with E-state index in [1.807, 2.05) is 18.2 Å². The number of benzene rings is 1. The van der Waals surface area contributed by atoms with Crippen molar-refractivity contribution in [2.24, 2.45) is 0 Å². The van der Waals surface area contributed by atoms with Crippen LogP contribution in [-0.2, 0) is 6.54 Å². The van der Waals surface area contributed by atoms with Gasteiger partial charge in [-0.25, -0.2) is 4.98 Å². The molecule has 0 bridgehead atoms. The summed E-state index contributed by atoms with van der Waals surface area (Å²) in [5, 5.41) is 19.5. The summed E-state index contributed by atoms with van der Waals surface area (Å²) >= 11 is 1.67. The number of β-amino-alcohol motifs (C(OH)–C–C–N with tert-alkyl or cyclic N) is 1. The molecule has 1 unspecified atom stereocenters. The predicted molar refractivity (Wildman–Crippen MR) is 96.7 cm³/mol. The van der Waals surface area contributed by atoms with E-state index in [2.05, 4.69) is 33.0 Å². The highest BCUT2D eigenvalue weighted by atomic mass is 32.1. The van der Waals surface area contributed by atoms with Crippen molar-refractivity contribution >= 4 is 26.7 Å². The minimum atomic E-state index is -0.434. The summed E-state index contributed by atoms with van der Waals surface area (Å²) in [5.74, 6) is 1.15. The first-order valence-electron chi connectivity index (χ1n) is 8.45. The van der Waals surface area contributed by atoms with E-state index in [9.17, 15) is 5.11 Å². The number of likely N-dealkylation sites (N-methyl/N-ethyl adjacent to an activating group) is 1. The molecule has 0 saturated carbocycles. The molecule has 3 heterocycles. The number of aliphatic hydroxyl groups excluding tert-OH is 1. The number of fused-ring (bicyclic) bond motifs is 1. The summed E-state index contributed by atoms with van der Waals surface area (Å²) in [6.45, 7) is 6.54. The lowest BCUT2D eigenvalue weighted by Crippen LogP contribution is -2.42. The second kappa shape index (κ2) is 6.70. The van der Waals surface area contributed by atoms with Crippen LogP contribution >= 0.6 is 11.3 Å². The van der Waals surface area contributed by atoms with Crippen LogP contribution in [-0.4, -0.2) is 57.0 Å². The molecule has 2 aromatic heterocycles. The molecule has 0 amide bonds. The van der Waals surface area contributed by atoms with Gasteiger partial charge in [-0.3, -0.25) is 4.90 Å². The Kier molecular flexibility index (Phi) is 4.41. The minimum Gasteiger partial charge on any atom is -0.424 e. The molecule has 2 atom stereocenters. The predicted octanol–water partition coefficient (Wildman–Crippen LogP) is 2.06. The van der Waals surface area contributed by atoms with Crippen LogP contribution in [0.1, 0.15) is 18.7 Å². The van der Waals surface area contributed by atoms with Crippen LogP contribution in [0.2, 0.25) is 0 Å². The fraction of sp³-hybridized carbons (Fsp3) is 0.471. The average molecular weight is 359 g/mol. The fourth-order valence-electron chi connectivity index (χ4n) is 3.32. The highest BCUT2D eigenvalue weighted by Gasteiger charge is 2.36. The molecule has 0 spiro atoms. The SMILES string of the molecule is CCN(Cc1nnc(C)o1)C1CN(c2nc3ccccc3s2)C[C@H]1O. The molecule has 25 heavy (non-hydrogen) atoms. The number of aliphatic hydroxyl groups is 1. The van der Waals surface area contributed by atoms with Crippen LogP contribution in [0, 0.1) is 6.92 Å². The Morgan fingerprint density at radius 3 is 2.88 bits per heavy atom. The maximum Gasteiger partial charge on any atom is 0.230 e. The summed E-state index contributed by atoms with van der Waals surface area (Å²) in [4.78, 5) is 9.06. The van der Waals surface area contributed by atoms with Crippen molar-refractivity contribution in [1.29, 1.82) is 0 Å². The monoisotopic (exact) mass is 359 g/mol. The minimum absolute atomic E-state index is 0.0178. The Balaban J connectivity index is 1.51. The molecular formula is C17H21N5O2S. The van der Waals surface area contributed by atoms with E-state index in [0.29, 0.717) is 24.9 Å². The lowest BCUT2D eigenvalue weighted by Gasteiger charge is -2.27. The van der Waals surface area contributed by atoms with E-state index in [0.717, 1.165) is 23.7 Å². The van der Waals surface area contributed by atoms with Gasteiger partial charge in [-0.1, -0.05) is 30.4 Å². The molecule has 8 heteroatoms. The van der Waals surface area contributed by atoms with Gasteiger partial charge in [0.15, 0.2) is 5.13 Å². The normalized spacial score (nSPS) is 20.9. The third-order valence-electron chi connectivity index (χ3n) is 4.59. The molecule has 1 fully saturated rings. The van der Waals surface area contributed by atoms with Gasteiger partial charge in [0.05, 0.1) is 28.9 Å². The second-order valence-corrected chi connectivity index (χ2v) is 7.29. The third kappa shape index (κ3) is 3.24. The number of hydrogen-bond donors (Lipinski definition) is 1. The van der Waals surface area contributed by atoms with Crippen molar-refractivity contribution in [1.82, 2.24) is 20.1 Å². The molecule has 1 saturated heterocycles. The zero-order chi connectivity index (χ0) is 17.4. The van der Waals surface area contributed by atoms with Gasteiger partial charge in [0.25, 0.3) is 0 Å². The highest BCUT2D eigenvalue weighted by molar-refractivity contribution is 7.22. The molecule has 7 nitrogen and oxygen atoms in total. The molecule has 3 aromatic rings. The molecule has 0 aliphatic carbocycles. The summed E-state index contributed by atoms with van der Waals surface area (Å²) in [6.07, 6.45) is -0.434. The molecule has 0 radical (unpaired) electrons. The molecule has 1 aliphatic heterocycles. The van der Waals surface area contributed by atoms with Gasteiger partial charge in [0.1, 0.15) is 0 Å². The van der Waals surface area contributed by atoms with Crippen LogP contribution in [0.15, 0.2) is 28.7 Å². The number of nitrogens with zero attached hydrogens (tertiary/aromatic N) is 5. The average Bonchev–Trinajstić information content (AvgIpc) is 3.30. The highest BCUT2D eigenvalue weighted by Crippen LogP contribution is 2.31. The molecule has 1 N–H and O–H groups in total. The van der Waals surface area contributed by atoms with Crippen LogP contribution in [0.25, 0.3) is 10.2 Å². The maximum absolute atomic E-state index is 10.6. The van der Waals surface area contributed by atoms with Gasteiger partial charge in [-0.2, -0.15) is 0 Å². The van der Waals surface area contributed by atoms with E-state index in [1.54, 1.807) is 18.3 Å². The van der Waals surface area contributed by atoms with Crippen molar-refractivity contribution in [3.63, 3.8) is 0 Å². The van der Waals surface area contributed by atoms with E-state index in [4.69, 9.17) is 9.40 Å². The van der Waals surface area contributed by atoms with Gasteiger partial charge in [0.2, 0.25) is 11.8 Å². The van der Waals surface area contributed by atoms with E-state index >= 15 is 0 Å². The first kappa shape index (κ1) is 16.4. The van der Waals surface area contributed by atoms with Crippen molar-refractivity contribution in [3.8, 4) is 0 Å². The summed E-state index contributed by atoms with van der Waals surface area (Å²) in [5.41, 5.74) is 1.01. The van der Waals surface area contributed by atoms with Gasteiger partial charge in [-0.15, -0.1) is 10.2 Å². The van der Waals surface area contributed by atoms with Crippen molar-refractivity contribution in [3.05, 3.63) is 36.0 Å². The van der Waals surface area contributed by atoms with Crippen molar-refractivity contribution in [2.45, 2.75) is 32.5 Å². The smallest absolute Gasteiger partial charge is 0.230 e.